The predicted molar refractivity (Wildman–Crippen MR) is 83.1 cm³/mol. The molecule has 0 atom stereocenters. The summed E-state index contributed by atoms with van der Waals surface area (Å²) in [7, 11) is 1.73. The van der Waals surface area contributed by atoms with E-state index in [1.54, 1.807) is 16.2 Å². The minimum absolute atomic E-state index is 0.106. The lowest BCUT2D eigenvalue weighted by molar-refractivity contribution is -0.122. The highest BCUT2D eigenvalue weighted by molar-refractivity contribution is 5.78. The van der Waals surface area contributed by atoms with Crippen LogP contribution in [0, 0.1) is 0 Å². The van der Waals surface area contributed by atoms with Gasteiger partial charge in [0.25, 0.3) is 0 Å². The summed E-state index contributed by atoms with van der Waals surface area (Å²) < 4.78 is 3.22. The quantitative estimate of drug-likeness (QED) is 0.845. The topological polar surface area (TPSA) is 82.0 Å². The molecule has 0 radical (unpaired) electrons. The summed E-state index contributed by atoms with van der Waals surface area (Å²) in [6, 6.07) is 7.56. The molecule has 3 N–H and O–H groups in total. The summed E-state index contributed by atoms with van der Waals surface area (Å²) in [6.45, 7) is 4.46. The van der Waals surface area contributed by atoms with E-state index in [0.717, 1.165) is 11.0 Å². The van der Waals surface area contributed by atoms with E-state index in [1.165, 1.54) is 0 Å². The van der Waals surface area contributed by atoms with Crippen molar-refractivity contribution in [3.63, 3.8) is 0 Å². The fourth-order valence-electron chi connectivity index (χ4n) is 2.28. The molecule has 6 heteroatoms. The number of amides is 1. The van der Waals surface area contributed by atoms with E-state index < -0.39 is 5.54 Å². The first-order valence-electron chi connectivity index (χ1n) is 7.01. The van der Waals surface area contributed by atoms with Gasteiger partial charge in [-0.2, -0.15) is 0 Å². The van der Waals surface area contributed by atoms with Crippen LogP contribution in [0.1, 0.15) is 20.3 Å². The molecular formula is C15H22N4O2. The van der Waals surface area contributed by atoms with E-state index in [4.69, 9.17) is 5.73 Å². The van der Waals surface area contributed by atoms with Crippen LogP contribution in [0.4, 0.5) is 0 Å². The largest absolute Gasteiger partial charge is 0.350 e. The fourth-order valence-corrected chi connectivity index (χ4v) is 2.28. The van der Waals surface area contributed by atoms with E-state index in [9.17, 15) is 9.59 Å². The molecule has 0 aliphatic heterocycles. The summed E-state index contributed by atoms with van der Waals surface area (Å²) in [4.78, 5) is 24.2. The minimum Gasteiger partial charge on any atom is -0.350 e. The molecule has 0 fully saturated rings. The molecule has 2 aromatic rings. The van der Waals surface area contributed by atoms with Crippen LogP contribution in [-0.4, -0.2) is 27.1 Å². The Balaban J connectivity index is 2.16. The highest BCUT2D eigenvalue weighted by Crippen LogP contribution is 2.11. The second-order valence-electron chi connectivity index (χ2n) is 5.87. The van der Waals surface area contributed by atoms with Crippen LogP contribution in [0.15, 0.2) is 29.1 Å². The number of aryl methyl sites for hydroxylation is 2. The number of fused-ring (bicyclic) bond motifs is 1. The van der Waals surface area contributed by atoms with Gasteiger partial charge in [-0.1, -0.05) is 12.1 Å². The Hall–Kier alpha value is -2.08. The predicted octanol–water partition coefficient (Wildman–Crippen LogP) is 0.584. The van der Waals surface area contributed by atoms with E-state index in [0.29, 0.717) is 13.1 Å². The number of benzene rings is 1. The Labute approximate surface area is 123 Å². The van der Waals surface area contributed by atoms with Gasteiger partial charge in [-0.05, 0) is 26.0 Å². The lowest BCUT2D eigenvalue weighted by atomic mass is 10.1. The standard InChI is InChI=1S/C15H22N4O2/c1-15(2,10-16)17-13(20)8-9-19-12-7-5-4-6-11(12)18(3)14(19)21/h4-7H,8-10,16H2,1-3H3,(H,17,20). The van der Waals surface area contributed by atoms with Gasteiger partial charge in [0.2, 0.25) is 5.91 Å². The molecule has 21 heavy (non-hydrogen) atoms. The summed E-state index contributed by atoms with van der Waals surface area (Å²) in [6.07, 6.45) is 0.247. The number of aromatic nitrogens is 2. The third-order valence-corrected chi connectivity index (χ3v) is 3.60. The lowest BCUT2D eigenvalue weighted by Crippen LogP contribution is -2.49. The molecule has 1 aromatic carbocycles. The van der Waals surface area contributed by atoms with Gasteiger partial charge < -0.3 is 11.1 Å². The number of hydrogen-bond acceptors (Lipinski definition) is 3. The highest BCUT2D eigenvalue weighted by atomic mass is 16.2. The van der Waals surface area contributed by atoms with Crippen LogP contribution in [0.25, 0.3) is 11.0 Å². The number of para-hydroxylation sites is 2. The molecule has 6 nitrogen and oxygen atoms in total. The maximum atomic E-state index is 12.2. The molecule has 0 saturated heterocycles. The SMILES string of the molecule is Cn1c(=O)n(CCC(=O)NC(C)(C)CN)c2ccccc21. The molecule has 1 amide bonds. The van der Waals surface area contributed by atoms with E-state index in [-0.39, 0.29) is 18.0 Å². The van der Waals surface area contributed by atoms with Gasteiger partial charge in [0.1, 0.15) is 0 Å². The van der Waals surface area contributed by atoms with Crippen LogP contribution < -0.4 is 16.7 Å². The molecule has 1 heterocycles. The number of carbonyl (C=O) groups is 1. The summed E-state index contributed by atoms with van der Waals surface area (Å²) >= 11 is 0. The summed E-state index contributed by atoms with van der Waals surface area (Å²) in [5, 5.41) is 2.86. The van der Waals surface area contributed by atoms with Crippen molar-refractivity contribution in [3.8, 4) is 0 Å². The van der Waals surface area contributed by atoms with Crippen molar-refractivity contribution in [2.24, 2.45) is 12.8 Å². The van der Waals surface area contributed by atoms with Crippen LogP contribution in [0.3, 0.4) is 0 Å². The molecule has 114 valence electrons. The monoisotopic (exact) mass is 290 g/mol. The maximum Gasteiger partial charge on any atom is 0.328 e. The third-order valence-electron chi connectivity index (χ3n) is 3.60. The molecule has 2 rings (SSSR count). The first-order valence-corrected chi connectivity index (χ1v) is 7.01. The Morgan fingerprint density at radius 2 is 1.90 bits per heavy atom. The second-order valence-corrected chi connectivity index (χ2v) is 5.87. The normalized spacial score (nSPS) is 11.8. The number of imidazole rings is 1. The average Bonchev–Trinajstić information content (AvgIpc) is 2.69. The van der Waals surface area contributed by atoms with Crippen LogP contribution in [0.5, 0.6) is 0 Å². The van der Waals surface area contributed by atoms with Gasteiger partial charge in [0.05, 0.1) is 11.0 Å². The van der Waals surface area contributed by atoms with Crippen molar-refractivity contribution in [1.82, 2.24) is 14.5 Å². The first kappa shape index (κ1) is 15.3. The summed E-state index contributed by atoms with van der Waals surface area (Å²) in [5.41, 5.74) is 6.76. The zero-order valence-electron chi connectivity index (χ0n) is 12.7. The van der Waals surface area contributed by atoms with Gasteiger partial charge in [-0.15, -0.1) is 0 Å². The number of nitrogens with two attached hydrogens (primary N) is 1. The Morgan fingerprint density at radius 3 is 2.52 bits per heavy atom. The van der Waals surface area contributed by atoms with Gasteiger partial charge in [0, 0.05) is 32.1 Å². The van der Waals surface area contributed by atoms with Crippen molar-refractivity contribution in [2.75, 3.05) is 6.54 Å². The zero-order valence-corrected chi connectivity index (χ0v) is 12.7. The number of hydrogen-bond donors (Lipinski definition) is 2. The van der Waals surface area contributed by atoms with Crippen LogP contribution in [0.2, 0.25) is 0 Å². The number of nitrogens with one attached hydrogen (secondary N) is 1. The number of carbonyl (C=O) groups excluding carboxylic acids is 1. The Morgan fingerprint density at radius 1 is 1.29 bits per heavy atom. The van der Waals surface area contributed by atoms with E-state index in [1.807, 2.05) is 38.1 Å². The maximum absolute atomic E-state index is 12.2. The molecule has 0 unspecified atom stereocenters. The van der Waals surface area contributed by atoms with Gasteiger partial charge in [0.15, 0.2) is 0 Å². The van der Waals surface area contributed by atoms with Crippen LogP contribution in [-0.2, 0) is 18.4 Å². The van der Waals surface area contributed by atoms with E-state index in [2.05, 4.69) is 5.32 Å². The Bertz CT molecular complexity index is 712. The fraction of sp³-hybridized carbons (Fsp3) is 0.467. The van der Waals surface area contributed by atoms with Crippen molar-refractivity contribution >= 4 is 16.9 Å². The van der Waals surface area contributed by atoms with E-state index >= 15 is 0 Å². The van der Waals surface area contributed by atoms with Gasteiger partial charge in [-0.3, -0.25) is 13.9 Å². The first-order chi connectivity index (χ1) is 9.85. The highest BCUT2D eigenvalue weighted by Gasteiger charge is 2.18. The van der Waals surface area contributed by atoms with Crippen molar-refractivity contribution in [2.45, 2.75) is 32.4 Å². The summed E-state index contributed by atoms with van der Waals surface area (Å²) in [5.74, 6) is -0.106. The second kappa shape index (κ2) is 5.73. The third kappa shape index (κ3) is 3.16. The molecule has 0 aliphatic carbocycles. The van der Waals surface area contributed by atoms with Crippen molar-refractivity contribution in [3.05, 3.63) is 34.7 Å². The molecule has 0 saturated carbocycles. The number of rotatable bonds is 5. The molecule has 0 bridgehead atoms. The minimum atomic E-state index is -0.430. The van der Waals surface area contributed by atoms with Crippen molar-refractivity contribution in [1.29, 1.82) is 0 Å². The molecular weight excluding hydrogens is 268 g/mol. The zero-order chi connectivity index (χ0) is 15.6. The average molecular weight is 290 g/mol. The van der Waals surface area contributed by atoms with Crippen LogP contribution >= 0.6 is 0 Å². The van der Waals surface area contributed by atoms with Crippen molar-refractivity contribution < 1.29 is 4.79 Å². The van der Waals surface area contributed by atoms with Gasteiger partial charge in [-0.25, -0.2) is 4.79 Å². The molecule has 0 aliphatic rings. The number of nitrogens with zero attached hydrogens (tertiary/aromatic N) is 2. The molecule has 0 spiro atoms. The smallest absolute Gasteiger partial charge is 0.328 e. The van der Waals surface area contributed by atoms with Gasteiger partial charge >= 0.3 is 5.69 Å². The molecule has 1 aromatic heterocycles. The lowest BCUT2D eigenvalue weighted by Gasteiger charge is -2.24. The Kier molecular flexibility index (Phi) is 4.18.